The van der Waals surface area contributed by atoms with Crippen LogP contribution in [0.3, 0.4) is 0 Å². The van der Waals surface area contributed by atoms with E-state index in [1.54, 1.807) is 9.80 Å². The standard InChI is InChI=1S/C20H22F4N2O4/c21-15-4-12(3-14(6-15)20(22,23)24)10-29-17-8-26(9-17)19(28)25-2-1-18-13(7-25)5-16(27)11-30-18/h3-4,6,13,17-18H,1-2,5,7-11H2/t13-,18+/m1/s1. The second-order valence-corrected chi connectivity index (χ2v) is 8.05. The molecule has 0 saturated carbocycles. The first-order valence-corrected chi connectivity index (χ1v) is 9.84. The summed E-state index contributed by atoms with van der Waals surface area (Å²) in [5.74, 6) is -0.899. The van der Waals surface area contributed by atoms with Crippen molar-refractivity contribution in [2.45, 2.75) is 37.8 Å². The molecule has 3 fully saturated rings. The number of fused-ring (bicyclic) bond motifs is 1. The zero-order chi connectivity index (χ0) is 21.5. The normalized spacial score (nSPS) is 25.1. The van der Waals surface area contributed by atoms with Gasteiger partial charge in [-0.2, -0.15) is 13.2 Å². The van der Waals surface area contributed by atoms with Crippen LogP contribution in [0.5, 0.6) is 0 Å². The lowest BCUT2D eigenvalue weighted by Gasteiger charge is -2.45. The quantitative estimate of drug-likeness (QED) is 0.692. The van der Waals surface area contributed by atoms with E-state index in [0.29, 0.717) is 45.1 Å². The van der Waals surface area contributed by atoms with E-state index in [0.717, 1.165) is 12.1 Å². The number of amides is 2. The third-order valence-electron chi connectivity index (χ3n) is 5.77. The van der Waals surface area contributed by atoms with Gasteiger partial charge in [0, 0.05) is 25.4 Å². The minimum atomic E-state index is -4.63. The molecule has 3 saturated heterocycles. The van der Waals surface area contributed by atoms with Crippen LogP contribution in [0.2, 0.25) is 0 Å². The van der Waals surface area contributed by atoms with Crippen molar-refractivity contribution in [1.29, 1.82) is 0 Å². The van der Waals surface area contributed by atoms with Crippen molar-refractivity contribution in [2.75, 3.05) is 32.8 Å². The predicted molar refractivity (Wildman–Crippen MR) is 96.0 cm³/mol. The molecule has 4 rings (SSSR count). The van der Waals surface area contributed by atoms with Gasteiger partial charge in [0.1, 0.15) is 12.4 Å². The first-order valence-electron chi connectivity index (χ1n) is 9.84. The summed E-state index contributed by atoms with van der Waals surface area (Å²) in [6.07, 6.45) is -3.81. The van der Waals surface area contributed by atoms with Crippen molar-refractivity contribution in [3.63, 3.8) is 0 Å². The monoisotopic (exact) mass is 430 g/mol. The summed E-state index contributed by atoms with van der Waals surface area (Å²) in [4.78, 5) is 27.5. The van der Waals surface area contributed by atoms with Crippen LogP contribution in [0.1, 0.15) is 24.0 Å². The Morgan fingerprint density at radius 1 is 1.17 bits per heavy atom. The Labute approximate surface area is 170 Å². The number of carbonyl (C=O) groups is 2. The predicted octanol–water partition coefficient (Wildman–Crippen LogP) is 2.85. The fourth-order valence-electron chi connectivity index (χ4n) is 4.16. The van der Waals surface area contributed by atoms with Crippen molar-refractivity contribution in [3.05, 3.63) is 35.1 Å². The molecule has 30 heavy (non-hydrogen) atoms. The number of urea groups is 1. The van der Waals surface area contributed by atoms with Crippen LogP contribution in [0.4, 0.5) is 22.4 Å². The van der Waals surface area contributed by atoms with E-state index >= 15 is 0 Å². The summed E-state index contributed by atoms with van der Waals surface area (Å²) in [7, 11) is 0. The van der Waals surface area contributed by atoms with E-state index in [-0.39, 0.29) is 48.7 Å². The van der Waals surface area contributed by atoms with Crippen LogP contribution in [0, 0.1) is 11.7 Å². The third-order valence-corrected chi connectivity index (χ3v) is 5.77. The van der Waals surface area contributed by atoms with Crippen LogP contribution in [-0.4, -0.2) is 66.6 Å². The average molecular weight is 430 g/mol. The van der Waals surface area contributed by atoms with E-state index in [1.807, 2.05) is 0 Å². The number of nitrogens with zero attached hydrogens (tertiary/aromatic N) is 2. The maximum absolute atomic E-state index is 13.5. The van der Waals surface area contributed by atoms with E-state index in [2.05, 4.69) is 0 Å². The molecular formula is C20H22F4N2O4. The highest BCUT2D eigenvalue weighted by Gasteiger charge is 2.40. The van der Waals surface area contributed by atoms with Crippen LogP contribution < -0.4 is 0 Å². The number of carbonyl (C=O) groups excluding carboxylic acids is 2. The van der Waals surface area contributed by atoms with E-state index in [9.17, 15) is 27.2 Å². The molecule has 3 heterocycles. The fraction of sp³-hybridized carbons (Fsp3) is 0.600. The minimum absolute atomic E-state index is 0.0204. The van der Waals surface area contributed by atoms with E-state index in [4.69, 9.17) is 9.47 Å². The zero-order valence-corrected chi connectivity index (χ0v) is 16.2. The molecule has 2 amide bonds. The summed E-state index contributed by atoms with van der Waals surface area (Å²) in [5.41, 5.74) is -0.962. The molecule has 0 aliphatic carbocycles. The number of ketones is 1. The summed E-state index contributed by atoms with van der Waals surface area (Å²) in [6.45, 7) is 1.65. The molecule has 10 heteroatoms. The maximum Gasteiger partial charge on any atom is 0.416 e. The molecule has 1 aromatic rings. The van der Waals surface area contributed by atoms with Gasteiger partial charge in [0.2, 0.25) is 0 Å². The lowest BCUT2D eigenvalue weighted by Crippen LogP contribution is -2.61. The number of halogens is 4. The Hall–Kier alpha value is -2.20. The van der Waals surface area contributed by atoms with Gasteiger partial charge in [-0.3, -0.25) is 4.79 Å². The molecule has 6 nitrogen and oxygen atoms in total. The first kappa shape index (κ1) is 21.0. The summed E-state index contributed by atoms with van der Waals surface area (Å²) in [6, 6.07) is 2.18. The highest BCUT2D eigenvalue weighted by atomic mass is 19.4. The summed E-state index contributed by atoms with van der Waals surface area (Å²) in [5, 5.41) is 0. The maximum atomic E-state index is 13.5. The molecule has 0 aromatic heterocycles. The van der Waals surface area contributed by atoms with E-state index in [1.165, 1.54) is 0 Å². The van der Waals surface area contributed by atoms with Gasteiger partial charge in [-0.1, -0.05) is 0 Å². The molecule has 2 atom stereocenters. The van der Waals surface area contributed by atoms with Gasteiger partial charge >= 0.3 is 12.2 Å². The molecule has 3 aliphatic rings. The van der Waals surface area contributed by atoms with Crippen molar-refractivity contribution >= 4 is 11.8 Å². The summed E-state index contributed by atoms with van der Waals surface area (Å²) < 4.78 is 62.9. The Bertz CT molecular complexity index is 826. The van der Waals surface area contributed by atoms with Crippen LogP contribution in [0.15, 0.2) is 18.2 Å². The topological polar surface area (TPSA) is 59.1 Å². The highest BCUT2D eigenvalue weighted by molar-refractivity contribution is 5.81. The minimum Gasteiger partial charge on any atom is -0.370 e. The number of hydrogen-bond donors (Lipinski definition) is 0. The molecule has 3 aliphatic heterocycles. The molecule has 0 unspecified atom stereocenters. The van der Waals surface area contributed by atoms with E-state index < -0.39 is 17.6 Å². The lowest BCUT2D eigenvalue weighted by atomic mass is 9.88. The molecule has 0 N–H and O–H groups in total. The van der Waals surface area contributed by atoms with Crippen molar-refractivity contribution in [3.8, 4) is 0 Å². The second-order valence-electron chi connectivity index (χ2n) is 8.05. The van der Waals surface area contributed by atoms with Crippen LogP contribution in [0.25, 0.3) is 0 Å². The molecule has 1 aromatic carbocycles. The number of ether oxygens (including phenoxy) is 2. The summed E-state index contributed by atoms with van der Waals surface area (Å²) >= 11 is 0. The van der Waals surface area contributed by atoms with Crippen molar-refractivity contribution < 1.29 is 36.6 Å². The van der Waals surface area contributed by atoms with Gasteiger partial charge in [-0.15, -0.1) is 0 Å². The number of rotatable bonds is 3. The van der Waals surface area contributed by atoms with Crippen LogP contribution >= 0.6 is 0 Å². The first-order chi connectivity index (χ1) is 14.2. The average Bonchev–Trinajstić information content (AvgIpc) is 2.64. The SMILES string of the molecule is O=C1CO[C@H]2CCN(C(=O)N3CC(OCc4cc(F)cc(C(F)(F)F)c4)C3)C[C@H]2C1. The fourth-order valence-corrected chi connectivity index (χ4v) is 4.16. The van der Waals surface area contributed by atoms with Gasteiger partial charge < -0.3 is 19.3 Å². The zero-order valence-electron chi connectivity index (χ0n) is 16.2. The number of piperidine rings is 1. The highest BCUT2D eigenvalue weighted by Crippen LogP contribution is 2.31. The Morgan fingerprint density at radius 2 is 1.93 bits per heavy atom. The molecule has 164 valence electrons. The number of hydrogen-bond acceptors (Lipinski definition) is 4. The number of alkyl halides is 3. The van der Waals surface area contributed by atoms with Crippen molar-refractivity contribution in [2.24, 2.45) is 5.92 Å². The second kappa shape index (κ2) is 8.14. The van der Waals surface area contributed by atoms with Gasteiger partial charge in [-0.05, 0) is 30.2 Å². The van der Waals surface area contributed by atoms with Crippen molar-refractivity contribution in [1.82, 2.24) is 9.80 Å². The van der Waals surface area contributed by atoms with Gasteiger partial charge in [0.05, 0.1) is 37.5 Å². The Kier molecular flexibility index (Phi) is 5.71. The molecule has 0 radical (unpaired) electrons. The smallest absolute Gasteiger partial charge is 0.370 e. The van der Waals surface area contributed by atoms with Crippen LogP contribution in [-0.2, 0) is 27.1 Å². The lowest BCUT2D eigenvalue weighted by molar-refractivity contribution is -0.140. The molecule has 0 spiro atoms. The molecule has 0 bridgehead atoms. The number of likely N-dealkylation sites (tertiary alicyclic amines) is 2. The Balaban J connectivity index is 1.25. The largest absolute Gasteiger partial charge is 0.416 e. The Morgan fingerprint density at radius 3 is 2.67 bits per heavy atom. The third kappa shape index (κ3) is 4.59. The van der Waals surface area contributed by atoms with Gasteiger partial charge in [-0.25, -0.2) is 9.18 Å². The number of Topliss-reactive ketones (excluding diaryl/α,β-unsaturated/α-hetero) is 1. The molecular weight excluding hydrogens is 408 g/mol. The van der Waals surface area contributed by atoms with Gasteiger partial charge in [0.15, 0.2) is 5.78 Å². The number of benzene rings is 1. The van der Waals surface area contributed by atoms with Gasteiger partial charge in [0.25, 0.3) is 0 Å².